The molecule has 0 aliphatic heterocycles. The van der Waals surface area contributed by atoms with Crippen molar-refractivity contribution in [2.75, 3.05) is 51.5 Å². The number of likely N-dealkylation sites (N-methyl/N-ethyl adjacent to an activating group) is 1. The predicted molar refractivity (Wildman–Crippen MR) is 116 cm³/mol. The lowest BCUT2D eigenvalue weighted by molar-refractivity contribution is -0.857. The van der Waals surface area contributed by atoms with Crippen molar-refractivity contribution >= 4 is 34.5 Å². The Labute approximate surface area is 171 Å². The average molecular weight is 404 g/mol. The molecule has 1 aromatic heterocycles. The van der Waals surface area contributed by atoms with E-state index < -0.39 is 0 Å². The van der Waals surface area contributed by atoms with E-state index in [1.54, 1.807) is 0 Å². The van der Waals surface area contributed by atoms with E-state index in [0.717, 1.165) is 28.4 Å². The lowest BCUT2D eigenvalue weighted by Crippen LogP contribution is -3.06. The largest absolute Gasteiger partial charge is 0.377 e. The molecule has 2 aromatic rings. The van der Waals surface area contributed by atoms with Crippen LogP contribution in [0.25, 0.3) is 0 Å². The highest BCUT2D eigenvalue weighted by atomic mass is 32.1. The molecule has 1 heterocycles. The predicted octanol–water partition coefficient (Wildman–Crippen LogP) is 1.95. The summed E-state index contributed by atoms with van der Waals surface area (Å²) >= 11 is 1.46. The van der Waals surface area contributed by atoms with Gasteiger partial charge in [-0.05, 0) is 35.2 Å². The van der Waals surface area contributed by atoms with E-state index in [2.05, 4.69) is 19.4 Å². The fourth-order valence-corrected chi connectivity index (χ4v) is 3.54. The molecule has 1 aromatic carbocycles. The number of amides is 2. The molecule has 152 valence electrons. The molecule has 0 atom stereocenters. The number of carbonyl (C=O) groups excluding carboxylic acids is 2. The van der Waals surface area contributed by atoms with Gasteiger partial charge in [-0.1, -0.05) is 13.0 Å². The van der Waals surface area contributed by atoms with E-state index in [-0.39, 0.29) is 11.8 Å². The molecule has 0 unspecified atom stereocenters. The molecule has 2 amide bonds. The first-order chi connectivity index (χ1) is 13.3. The van der Waals surface area contributed by atoms with Crippen LogP contribution in [0.15, 0.2) is 35.7 Å². The van der Waals surface area contributed by atoms with Crippen molar-refractivity contribution in [1.29, 1.82) is 0 Å². The van der Waals surface area contributed by atoms with Gasteiger partial charge in [0.15, 0.2) is 0 Å². The second-order valence-corrected chi connectivity index (χ2v) is 8.25. The minimum Gasteiger partial charge on any atom is -0.377 e. The highest BCUT2D eigenvalue weighted by molar-refractivity contribution is 7.12. The molecule has 0 bridgehead atoms. The third-order valence-corrected chi connectivity index (χ3v) is 5.29. The first-order valence-corrected chi connectivity index (χ1v) is 10.4. The minimum absolute atomic E-state index is 0.0220. The summed E-state index contributed by atoms with van der Waals surface area (Å²) in [5, 5.41) is 4.84. The van der Waals surface area contributed by atoms with Crippen LogP contribution in [-0.4, -0.2) is 58.0 Å². The van der Waals surface area contributed by atoms with Crippen LogP contribution in [0.3, 0.4) is 0 Å². The third-order valence-electron chi connectivity index (χ3n) is 4.43. The van der Waals surface area contributed by atoms with Crippen molar-refractivity contribution in [2.24, 2.45) is 0 Å². The molecule has 0 fully saturated rings. The Morgan fingerprint density at radius 3 is 2.50 bits per heavy atom. The van der Waals surface area contributed by atoms with Crippen LogP contribution in [-0.2, 0) is 11.3 Å². The van der Waals surface area contributed by atoms with Crippen molar-refractivity contribution in [3.63, 3.8) is 0 Å². The van der Waals surface area contributed by atoms with Gasteiger partial charge in [-0.15, -0.1) is 11.3 Å². The van der Waals surface area contributed by atoms with E-state index in [1.807, 2.05) is 66.5 Å². The molecule has 6 nitrogen and oxygen atoms in total. The zero-order valence-corrected chi connectivity index (χ0v) is 18.2. The lowest BCUT2D eigenvalue weighted by Gasteiger charge is -2.26. The van der Waals surface area contributed by atoms with Crippen molar-refractivity contribution < 1.29 is 14.5 Å². The summed E-state index contributed by atoms with van der Waals surface area (Å²) in [4.78, 5) is 30.8. The number of rotatable bonds is 9. The lowest BCUT2D eigenvalue weighted by atomic mass is 10.1. The van der Waals surface area contributed by atoms with Crippen molar-refractivity contribution in [3.05, 3.63) is 46.2 Å². The second-order valence-electron chi connectivity index (χ2n) is 7.30. The number of carbonyl (C=O) groups is 2. The van der Waals surface area contributed by atoms with E-state index in [0.29, 0.717) is 19.5 Å². The first kappa shape index (κ1) is 21.9. The van der Waals surface area contributed by atoms with Crippen LogP contribution < -0.4 is 15.1 Å². The molecule has 7 heteroatoms. The average Bonchev–Trinajstić information content (AvgIpc) is 3.18. The van der Waals surface area contributed by atoms with Gasteiger partial charge in [-0.3, -0.25) is 9.59 Å². The number of nitrogens with one attached hydrogen (secondary N) is 2. The quantitative estimate of drug-likeness (QED) is 0.673. The number of hydrogen-bond donors (Lipinski definition) is 2. The fourth-order valence-electron chi connectivity index (χ4n) is 2.85. The van der Waals surface area contributed by atoms with Crippen molar-refractivity contribution in [3.8, 4) is 0 Å². The van der Waals surface area contributed by atoms with Gasteiger partial charge in [0.05, 0.1) is 32.1 Å². The molecular formula is C21H31N4O2S+. The molecule has 2 N–H and O–H groups in total. The number of anilines is 2. The summed E-state index contributed by atoms with van der Waals surface area (Å²) in [6.45, 7) is 3.85. The monoisotopic (exact) mass is 403 g/mol. The number of benzene rings is 1. The summed E-state index contributed by atoms with van der Waals surface area (Å²) < 4.78 is 0. The molecule has 0 aliphatic rings. The summed E-state index contributed by atoms with van der Waals surface area (Å²) in [5.74, 6) is 0.0234. The molecule has 0 aliphatic carbocycles. The SMILES string of the molecule is CCC(=O)Nc1ccc(N(C)C)c(CN(CC[NH+](C)C)C(=O)c2cccs2)c1. The third kappa shape index (κ3) is 6.07. The zero-order chi connectivity index (χ0) is 20.7. The van der Waals surface area contributed by atoms with Gasteiger partial charge in [0, 0.05) is 38.4 Å². The number of quaternary nitrogens is 1. The van der Waals surface area contributed by atoms with Gasteiger partial charge < -0.3 is 20.0 Å². The Kier molecular flexibility index (Phi) is 8.02. The Morgan fingerprint density at radius 2 is 1.93 bits per heavy atom. The Morgan fingerprint density at radius 1 is 1.18 bits per heavy atom. The molecule has 0 saturated carbocycles. The summed E-state index contributed by atoms with van der Waals surface area (Å²) in [6.07, 6.45) is 0.430. The van der Waals surface area contributed by atoms with Gasteiger partial charge in [0.1, 0.15) is 0 Å². The summed E-state index contributed by atoms with van der Waals surface area (Å²) in [5.41, 5.74) is 2.81. The second kappa shape index (κ2) is 10.2. The van der Waals surface area contributed by atoms with E-state index in [4.69, 9.17) is 0 Å². The van der Waals surface area contributed by atoms with Gasteiger partial charge in [0.25, 0.3) is 5.91 Å². The van der Waals surface area contributed by atoms with Crippen LogP contribution in [0.5, 0.6) is 0 Å². The molecule has 0 saturated heterocycles. The highest BCUT2D eigenvalue weighted by Gasteiger charge is 2.20. The molecular weight excluding hydrogens is 372 g/mol. The van der Waals surface area contributed by atoms with Gasteiger partial charge in [-0.25, -0.2) is 0 Å². The maximum absolute atomic E-state index is 13.1. The van der Waals surface area contributed by atoms with Crippen LogP contribution in [0, 0.1) is 0 Å². The molecule has 0 spiro atoms. The minimum atomic E-state index is -0.0220. The van der Waals surface area contributed by atoms with E-state index >= 15 is 0 Å². The van der Waals surface area contributed by atoms with Crippen LogP contribution >= 0.6 is 11.3 Å². The maximum Gasteiger partial charge on any atom is 0.264 e. The molecule has 2 rings (SSSR count). The Balaban J connectivity index is 2.32. The number of nitrogens with zero attached hydrogens (tertiary/aromatic N) is 2. The van der Waals surface area contributed by atoms with Crippen molar-refractivity contribution in [2.45, 2.75) is 19.9 Å². The normalized spacial score (nSPS) is 10.8. The smallest absolute Gasteiger partial charge is 0.264 e. The van der Waals surface area contributed by atoms with Crippen LogP contribution in [0.4, 0.5) is 11.4 Å². The fraction of sp³-hybridized carbons (Fsp3) is 0.429. The van der Waals surface area contributed by atoms with Crippen LogP contribution in [0.1, 0.15) is 28.6 Å². The highest BCUT2D eigenvalue weighted by Crippen LogP contribution is 2.25. The van der Waals surface area contributed by atoms with Gasteiger partial charge in [-0.2, -0.15) is 0 Å². The Hall–Kier alpha value is -2.38. The van der Waals surface area contributed by atoms with Gasteiger partial charge >= 0.3 is 0 Å². The van der Waals surface area contributed by atoms with Crippen molar-refractivity contribution in [1.82, 2.24) is 4.90 Å². The zero-order valence-electron chi connectivity index (χ0n) is 17.4. The summed E-state index contributed by atoms with van der Waals surface area (Å²) in [7, 11) is 8.14. The van der Waals surface area contributed by atoms with Crippen LogP contribution in [0.2, 0.25) is 0 Å². The number of thiophene rings is 1. The van der Waals surface area contributed by atoms with Gasteiger partial charge in [0.2, 0.25) is 5.91 Å². The standard InChI is InChI=1S/C21H30N4O2S/c1-6-20(26)22-17-9-10-18(24(4)5)16(14-17)15-25(12-11-23(2)3)21(27)19-8-7-13-28-19/h7-10,13-14H,6,11-12,15H2,1-5H3,(H,22,26)/p+1. The van der Waals surface area contributed by atoms with E-state index in [9.17, 15) is 9.59 Å². The maximum atomic E-state index is 13.1. The number of hydrogen-bond acceptors (Lipinski definition) is 4. The first-order valence-electron chi connectivity index (χ1n) is 9.53. The summed E-state index contributed by atoms with van der Waals surface area (Å²) in [6, 6.07) is 9.64. The molecule has 28 heavy (non-hydrogen) atoms. The topological polar surface area (TPSA) is 57.1 Å². The molecule has 0 radical (unpaired) electrons. The van der Waals surface area contributed by atoms with E-state index in [1.165, 1.54) is 16.2 Å². The Bertz CT molecular complexity index is 788.